The molecule has 0 aromatic heterocycles. The average Bonchev–Trinajstić information content (AvgIpc) is 2.08. The van der Waals surface area contributed by atoms with Gasteiger partial charge in [0.15, 0.2) is 0 Å². The molecule has 0 saturated carbocycles. The maximum atomic E-state index is 8.77. The van der Waals surface area contributed by atoms with Crippen molar-refractivity contribution in [3.63, 3.8) is 0 Å². The van der Waals surface area contributed by atoms with Crippen LogP contribution in [0.5, 0.6) is 0 Å². The third-order valence-electron chi connectivity index (χ3n) is 1.92. The van der Waals surface area contributed by atoms with Gasteiger partial charge in [-0.2, -0.15) is 5.26 Å². The van der Waals surface area contributed by atoms with Gasteiger partial charge in [-0.15, -0.1) is 11.6 Å². The molecule has 0 unspecified atom stereocenters. The predicted molar refractivity (Wildman–Crippen MR) is 50.2 cm³/mol. The van der Waals surface area contributed by atoms with Gasteiger partial charge in [-0.3, -0.25) is 0 Å². The second kappa shape index (κ2) is 3.60. The highest BCUT2D eigenvalue weighted by atomic mass is 35.5. The summed E-state index contributed by atoms with van der Waals surface area (Å²) in [6.07, 6.45) is 0. The number of halogens is 1. The van der Waals surface area contributed by atoms with Gasteiger partial charge in [0.2, 0.25) is 0 Å². The molecule has 1 aromatic carbocycles. The number of rotatable bonds is 1. The highest BCUT2D eigenvalue weighted by molar-refractivity contribution is 6.17. The number of alkyl halides is 1. The molecule has 2 heteroatoms. The molecule has 0 bridgehead atoms. The number of benzene rings is 1. The van der Waals surface area contributed by atoms with E-state index in [1.165, 1.54) is 0 Å². The van der Waals surface area contributed by atoms with Crippen LogP contribution in [-0.2, 0) is 5.88 Å². The lowest BCUT2D eigenvalue weighted by Gasteiger charge is -2.05. The fraction of sp³-hybridized carbons (Fsp3) is 0.300. The van der Waals surface area contributed by atoms with Crippen LogP contribution in [0, 0.1) is 25.2 Å². The summed E-state index contributed by atoms with van der Waals surface area (Å²) in [5.74, 6) is 0.474. The maximum absolute atomic E-state index is 8.77. The smallest absolute Gasteiger partial charge is 0.0994 e. The molecule has 0 aliphatic carbocycles. The molecule has 62 valence electrons. The minimum Gasteiger partial charge on any atom is -0.192 e. The molecule has 0 amide bonds. The van der Waals surface area contributed by atoms with Crippen LogP contribution in [0.3, 0.4) is 0 Å². The molecular formula is C10H10ClN. The number of hydrogen-bond acceptors (Lipinski definition) is 1. The van der Waals surface area contributed by atoms with Crippen LogP contribution in [0.15, 0.2) is 12.1 Å². The van der Waals surface area contributed by atoms with Crippen molar-refractivity contribution in [2.75, 3.05) is 0 Å². The molecule has 1 rings (SSSR count). The summed E-state index contributed by atoms with van der Waals surface area (Å²) in [6.45, 7) is 3.89. The van der Waals surface area contributed by atoms with Crippen molar-refractivity contribution in [3.8, 4) is 6.07 Å². The highest BCUT2D eigenvalue weighted by Crippen LogP contribution is 2.17. The summed E-state index contributed by atoms with van der Waals surface area (Å²) in [4.78, 5) is 0. The Morgan fingerprint density at radius 1 is 1.42 bits per heavy atom. The minimum atomic E-state index is 0.474. The summed E-state index contributed by atoms with van der Waals surface area (Å²) < 4.78 is 0. The predicted octanol–water partition coefficient (Wildman–Crippen LogP) is 2.91. The van der Waals surface area contributed by atoms with Gasteiger partial charge < -0.3 is 0 Å². The molecule has 1 aromatic rings. The Hall–Kier alpha value is -1.000. The van der Waals surface area contributed by atoms with Crippen molar-refractivity contribution in [3.05, 3.63) is 34.4 Å². The zero-order valence-corrected chi connectivity index (χ0v) is 7.94. The Bertz CT molecular complexity index is 336. The van der Waals surface area contributed by atoms with E-state index in [0.717, 1.165) is 22.3 Å². The number of hydrogen-bond donors (Lipinski definition) is 0. The van der Waals surface area contributed by atoms with Crippen molar-refractivity contribution in [2.24, 2.45) is 0 Å². The van der Waals surface area contributed by atoms with Gasteiger partial charge in [0.25, 0.3) is 0 Å². The molecule has 0 aliphatic rings. The Balaban J connectivity index is 3.34. The maximum Gasteiger partial charge on any atom is 0.0994 e. The third-order valence-corrected chi connectivity index (χ3v) is 2.21. The van der Waals surface area contributed by atoms with Crippen LogP contribution >= 0.6 is 11.6 Å². The van der Waals surface area contributed by atoms with Gasteiger partial charge in [0.05, 0.1) is 11.6 Å². The fourth-order valence-corrected chi connectivity index (χ4v) is 1.47. The van der Waals surface area contributed by atoms with E-state index in [1.807, 2.05) is 26.0 Å². The quantitative estimate of drug-likeness (QED) is 0.609. The average molecular weight is 180 g/mol. The topological polar surface area (TPSA) is 23.8 Å². The largest absolute Gasteiger partial charge is 0.192 e. The molecule has 0 heterocycles. The molecule has 0 aliphatic heterocycles. The van der Waals surface area contributed by atoms with Crippen LogP contribution in [0.4, 0.5) is 0 Å². The summed E-state index contributed by atoms with van der Waals surface area (Å²) in [5, 5.41) is 8.77. The minimum absolute atomic E-state index is 0.474. The first-order chi connectivity index (χ1) is 5.69. The molecule has 12 heavy (non-hydrogen) atoms. The lowest BCUT2D eigenvalue weighted by molar-refractivity contribution is 1.24. The highest BCUT2D eigenvalue weighted by Gasteiger charge is 2.03. The normalized spacial score (nSPS) is 9.50. The van der Waals surface area contributed by atoms with Crippen LogP contribution in [-0.4, -0.2) is 0 Å². The first-order valence-electron chi connectivity index (χ1n) is 3.75. The fourth-order valence-electron chi connectivity index (χ4n) is 1.19. The van der Waals surface area contributed by atoms with E-state index in [2.05, 4.69) is 6.07 Å². The van der Waals surface area contributed by atoms with E-state index < -0.39 is 0 Å². The van der Waals surface area contributed by atoms with Crippen LogP contribution in [0.1, 0.15) is 22.3 Å². The Morgan fingerprint density at radius 2 is 2.08 bits per heavy atom. The summed E-state index contributed by atoms with van der Waals surface area (Å²) in [5.41, 5.74) is 3.87. The molecule has 0 N–H and O–H groups in total. The van der Waals surface area contributed by atoms with Gasteiger partial charge in [-0.25, -0.2) is 0 Å². The monoisotopic (exact) mass is 179 g/mol. The van der Waals surface area contributed by atoms with Crippen molar-refractivity contribution in [2.45, 2.75) is 19.7 Å². The zero-order chi connectivity index (χ0) is 9.14. The lowest BCUT2D eigenvalue weighted by Crippen LogP contribution is -1.91. The van der Waals surface area contributed by atoms with E-state index in [-0.39, 0.29) is 0 Å². The third kappa shape index (κ3) is 1.60. The SMILES string of the molecule is Cc1cc(C#N)c(C)c(CCl)c1. The first kappa shape index (κ1) is 9.09. The van der Waals surface area contributed by atoms with Crippen LogP contribution in [0.2, 0.25) is 0 Å². The van der Waals surface area contributed by atoms with E-state index in [4.69, 9.17) is 16.9 Å². The van der Waals surface area contributed by atoms with Crippen molar-refractivity contribution >= 4 is 11.6 Å². The molecular weight excluding hydrogens is 170 g/mol. The van der Waals surface area contributed by atoms with E-state index in [0.29, 0.717) is 5.88 Å². The number of nitriles is 1. The van der Waals surface area contributed by atoms with E-state index in [9.17, 15) is 0 Å². The van der Waals surface area contributed by atoms with Gasteiger partial charge in [0.1, 0.15) is 0 Å². The lowest BCUT2D eigenvalue weighted by atomic mass is 10.0. The standard InChI is InChI=1S/C10H10ClN/c1-7-3-9(5-11)8(2)10(4-7)6-12/h3-4H,5H2,1-2H3. The van der Waals surface area contributed by atoms with Crippen LogP contribution in [0.25, 0.3) is 0 Å². The van der Waals surface area contributed by atoms with Crippen LogP contribution < -0.4 is 0 Å². The molecule has 0 spiro atoms. The number of nitrogens with zero attached hydrogens (tertiary/aromatic N) is 1. The van der Waals surface area contributed by atoms with Gasteiger partial charge in [-0.1, -0.05) is 6.07 Å². The molecule has 0 atom stereocenters. The Morgan fingerprint density at radius 3 is 2.58 bits per heavy atom. The Labute approximate surface area is 77.6 Å². The van der Waals surface area contributed by atoms with Crippen molar-refractivity contribution < 1.29 is 0 Å². The second-order valence-corrected chi connectivity index (χ2v) is 3.11. The summed E-state index contributed by atoms with van der Waals surface area (Å²) in [6, 6.07) is 6.05. The van der Waals surface area contributed by atoms with Gasteiger partial charge in [0, 0.05) is 5.88 Å². The summed E-state index contributed by atoms with van der Waals surface area (Å²) in [7, 11) is 0. The van der Waals surface area contributed by atoms with E-state index in [1.54, 1.807) is 0 Å². The molecule has 0 saturated heterocycles. The van der Waals surface area contributed by atoms with Gasteiger partial charge >= 0.3 is 0 Å². The van der Waals surface area contributed by atoms with Crippen molar-refractivity contribution in [1.29, 1.82) is 5.26 Å². The zero-order valence-electron chi connectivity index (χ0n) is 7.19. The van der Waals surface area contributed by atoms with Crippen molar-refractivity contribution in [1.82, 2.24) is 0 Å². The Kier molecular flexibility index (Phi) is 2.73. The molecule has 0 fully saturated rings. The molecule has 0 radical (unpaired) electrons. The molecule has 1 nitrogen and oxygen atoms in total. The first-order valence-corrected chi connectivity index (χ1v) is 4.28. The van der Waals surface area contributed by atoms with Gasteiger partial charge in [-0.05, 0) is 36.6 Å². The summed E-state index contributed by atoms with van der Waals surface area (Å²) >= 11 is 5.72. The van der Waals surface area contributed by atoms with E-state index >= 15 is 0 Å². The second-order valence-electron chi connectivity index (χ2n) is 2.84. The number of aryl methyl sites for hydroxylation is 1.